The fourth-order valence-electron chi connectivity index (χ4n) is 3.11. The normalized spacial score (nSPS) is 19.2. The van der Waals surface area contributed by atoms with Crippen LogP contribution in [0.15, 0.2) is 42.5 Å². The minimum Gasteiger partial charge on any atom is -0.324 e. The summed E-state index contributed by atoms with van der Waals surface area (Å²) in [5, 5.41) is 5.31. The number of urea groups is 1. The van der Waals surface area contributed by atoms with E-state index in [0.29, 0.717) is 11.3 Å². The van der Waals surface area contributed by atoms with E-state index in [1.54, 1.807) is 6.07 Å². The molecule has 2 aromatic rings. The average molecular weight is 369 g/mol. The summed E-state index contributed by atoms with van der Waals surface area (Å²) in [5.41, 5.74) is 1.68. The van der Waals surface area contributed by atoms with Crippen LogP contribution in [0.25, 0.3) is 0 Å². The number of benzene rings is 2. The first-order chi connectivity index (χ1) is 12.7. The molecule has 0 bridgehead atoms. The first-order valence-electron chi connectivity index (χ1n) is 8.48. The molecule has 0 aliphatic carbocycles. The molecular formula is C20H20FN3O3. The molecule has 140 valence electrons. The molecule has 1 aliphatic heterocycles. The third-order valence-electron chi connectivity index (χ3n) is 4.65. The summed E-state index contributed by atoms with van der Waals surface area (Å²) >= 11 is 0. The van der Waals surface area contributed by atoms with E-state index in [0.717, 1.165) is 16.0 Å². The SMILES string of the molecule is Cc1ccc(NC(=O)CN2C(=O)NC(C)(c3ccc(F)cc3)C2=O)c(C)c1. The van der Waals surface area contributed by atoms with Crippen molar-refractivity contribution in [3.8, 4) is 0 Å². The quantitative estimate of drug-likeness (QED) is 0.814. The van der Waals surface area contributed by atoms with Crippen LogP contribution in [-0.2, 0) is 15.1 Å². The molecule has 0 saturated carbocycles. The maximum Gasteiger partial charge on any atom is 0.325 e. The number of anilines is 1. The van der Waals surface area contributed by atoms with E-state index >= 15 is 0 Å². The number of amides is 4. The highest BCUT2D eigenvalue weighted by molar-refractivity contribution is 6.10. The Morgan fingerprint density at radius 1 is 1.15 bits per heavy atom. The summed E-state index contributed by atoms with van der Waals surface area (Å²) in [6, 6.07) is 10.2. The number of halogens is 1. The van der Waals surface area contributed by atoms with Crippen molar-refractivity contribution in [3.05, 3.63) is 65.0 Å². The molecule has 27 heavy (non-hydrogen) atoms. The number of carbonyl (C=O) groups is 3. The average Bonchev–Trinajstić information content (AvgIpc) is 2.82. The van der Waals surface area contributed by atoms with E-state index in [4.69, 9.17) is 0 Å². The van der Waals surface area contributed by atoms with Gasteiger partial charge < -0.3 is 10.6 Å². The standard InChI is InChI=1S/C20H20FN3O3/c1-12-4-9-16(13(2)10-12)22-17(25)11-24-18(26)20(3,23-19(24)27)14-5-7-15(21)8-6-14/h4-10H,11H2,1-3H3,(H,22,25)(H,23,27). The second kappa shape index (κ2) is 6.83. The number of nitrogens with zero attached hydrogens (tertiary/aromatic N) is 1. The van der Waals surface area contributed by atoms with Crippen LogP contribution in [0, 0.1) is 19.7 Å². The number of imide groups is 1. The number of hydrogen-bond acceptors (Lipinski definition) is 3. The highest BCUT2D eigenvalue weighted by Gasteiger charge is 2.49. The molecule has 4 amide bonds. The molecular weight excluding hydrogens is 349 g/mol. The first kappa shape index (κ1) is 18.6. The van der Waals surface area contributed by atoms with Crippen LogP contribution in [0.1, 0.15) is 23.6 Å². The summed E-state index contributed by atoms with van der Waals surface area (Å²) < 4.78 is 13.1. The molecule has 2 aromatic carbocycles. The zero-order valence-electron chi connectivity index (χ0n) is 15.3. The van der Waals surface area contributed by atoms with Crippen LogP contribution in [0.4, 0.5) is 14.9 Å². The van der Waals surface area contributed by atoms with Crippen LogP contribution < -0.4 is 10.6 Å². The number of rotatable bonds is 4. The summed E-state index contributed by atoms with van der Waals surface area (Å²) in [7, 11) is 0. The van der Waals surface area contributed by atoms with Crippen molar-refractivity contribution in [2.45, 2.75) is 26.3 Å². The first-order valence-corrected chi connectivity index (χ1v) is 8.48. The molecule has 1 atom stereocenters. The lowest BCUT2D eigenvalue weighted by molar-refractivity contribution is -0.133. The van der Waals surface area contributed by atoms with Crippen LogP contribution in [0.5, 0.6) is 0 Å². The van der Waals surface area contributed by atoms with Gasteiger partial charge in [-0.15, -0.1) is 0 Å². The van der Waals surface area contributed by atoms with Gasteiger partial charge >= 0.3 is 6.03 Å². The van der Waals surface area contributed by atoms with Crippen LogP contribution in [0.3, 0.4) is 0 Å². The van der Waals surface area contributed by atoms with E-state index in [-0.39, 0.29) is 0 Å². The molecule has 1 unspecified atom stereocenters. The molecule has 0 radical (unpaired) electrons. The Kier molecular flexibility index (Phi) is 4.70. The lowest BCUT2D eigenvalue weighted by Crippen LogP contribution is -2.42. The summed E-state index contributed by atoms with van der Waals surface area (Å²) in [5.74, 6) is -1.48. The molecule has 1 fully saturated rings. The third kappa shape index (κ3) is 3.53. The van der Waals surface area contributed by atoms with E-state index in [1.165, 1.54) is 31.2 Å². The molecule has 0 aromatic heterocycles. The van der Waals surface area contributed by atoms with Gasteiger partial charge in [-0.25, -0.2) is 9.18 Å². The van der Waals surface area contributed by atoms with E-state index in [2.05, 4.69) is 10.6 Å². The Balaban J connectivity index is 1.75. The van der Waals surface area contributed by atoms with Crippen LogP contribution in [-0.4, -0.2) is 29.3 Å². The zero-order valence-corrected chi connectivity index (χ0v) is 15.3. The van der Waals surface area contributed by atoms with Gasteiger partial charge in [-0.2, -0.15) is 0 Å². The van der Waals surface area contributed by atoms with Gasteiger partial charge in [-0.3, -0.25) is 14.5 Å². The molecule has 6 nitrogen and oxygen atoms in total. The van der Waals surface area contributed by atoms with Gasteiger partial charge in [0, 0.05) is 5.69 Å². The Bertz CT molecular complexity index is 927. The van der Waals surface area contributed by atoms with Gasteiger partial charge in [-0.1, -0.05) is 29.8 Å². The fourth-order valence-corrected chi connectivity index (χ4v) is 3.11. The van der Waals surface area contributed by atoms with Crippen LogP contribution in [0.2, 0.25) is 0 Å². The Hall–Kier alpha value is -3.22. The highest BCUT2D eigenvalue weighted by Crippen LogP contribution is 2.29. The van der Waals surface area contributed by atoms with Crippen molar-refractivity contribution in [1.82, 2.24) is 10.2 Å². The second-order valence-electron chi connectivity index (χ2n) is 6.82. The molecule has 7 heteroatoms. The van der Waals surface area contributed by atoms with Gasteiger partial charge in [-0.05, 0) is 50.1 Å². The zero-order chi connectivity index (χ0) is 19.8. The Morgan fingerprint density at radius 3 is 2.44 bits per heavy atom. The van der Waals surface area contributed by atoms with Crippen LogP contribution >= 0.6 is 0 Å². The highest BCUT2D eigenvalue weighted by atomic mass is 19.1. The number of hydrogen-bond donors (Lipinski definition) is 2. The van der Waals surface area contributed by atoms with Gasteiger partial charge in [0.1, 0.15) is 17.9 Å². The largest absolute Gasteiger partial charge is 0.325 e. The van der Waals surface area contributed by atoms with E-state index in [1.807, 2.05) is 26.0 Å². The Labute approximate surface area is 156 Å². The minimum absolute atomic E-state index is 0.408. The van der Waals surface area contributed by atoms with Gasteiger partial charge in [0.25, 0.3) is 5.91 Å². The van der Waals surface area contributed by atoms with E-state index < -0.39 is 35.7 Å². The predicted molar refractivity (Wildman–Crippen MR) is 98.5 cm³/mol. The van der Waals surface area contributed by atoms with Crippen molar-refractivity contribution in [2.75, 3.05) is 11.9 Å². The smallest absolute Gasteiger partial charge is 0.324 e. The van der Waals surface area contributed by atoms with Gasteiger partial charge in [0.2, 0.25) is 5.91 Å². The van der Waals surface area contributed by atoms with Gasteiger partial charge in [0.15, 0.2) is 0 Å². The second-order valence-corrected chi connectivity index (χ2v) is 6.82. The summed E-state index contributed by atoms with van der Waals surface area (Å²) in [6.07, 6.45) is 0. The van der Waals surface area contributed by atoms with Crippen molar-refractivity contribution in [3.63, 3.8) is 0 Å². The summed E-state index contributed by atoms with van der Waals surface area (Å²) in [6.45, 7) is 4.93. The van der Waals surface area contributed by atoms with Gasteiger partial charge in [0.05, 0.1) is 0 Å². The van der Waals surface area contributed by atoms with E-state index in [9.17, 15) is 18.8 Å². The molecule has 1 heterocycles. The summed E-state index contributed by atoms with van der Waals surface area (Å²) in [4.78, 5) is 38.3. The Morgan fingerprint density at radius 2 is 1.81 bits per heavy atom. The maximum absolute atomic E-state index is 13.1. The fraction of sp³-hybridized carbons (Fsp3) is 0.250. The van der Waals surface area contributed by atoms with Crippen molar-refractivity contribution < 1.29 is 18.8 Å². The van der Waals surface area contributed by atoms with Crippen molar-refractivity contribution >= 4 is 23.5 Å². The third-order valence-corrected chi connectivity index (χ3v) is 4.65. The minimum atomic E-state index is -1.34. The molecule has 2 N–H and O–H groups in total. The lowest BCUT2D eigenvalue weighted by atomic mass is 9.92. The van der Waals surface area contributed by atoms with Crippen molar-refractivity contribution in [1.29, 1.82) is 0 Å². The maximum atomic E-state index is 13.1. The molecule has 1 aliphatic rings. The lowest BCUT2D eigenvalue weighted by Gasteiger charge is -2.22. The predicted octanol–water partition coefficient (Wildman–Crippen LogP) is 2.85. The number of nitrogens with one attached hydrogen (secondary N) is 2. The number of aryl methyl sites for hydroxylation is 2. The monoisotopic (exact) mass is 369 g/mol. The molecule has 3 rings (SSSR count). The molecule has 0 spiro atoms. The number of carbonyl (C=O) groups excluding carboxylic acids is 3. The van der Waals surface area contributed by atoms with Crippen molar-refractivity contribution in [2.24, 2.45) is 0 Å². The topological polar surface area (TPSA) is 78.5 Å². The molecule has 1 saturated heterocycles.